The summed E-state index contributed by atoms with van der Waals surface area (Å²) in [5, 5.41) is 0. The van der Waals surface area contributed by atoms with Gasteiger partial charge in [-0.1, -0.05) is 26.8 Å². The number of aryl methyl sites for hydroxylation is 1. The molecule has 0 unspecified atom stereocenters. The van der Waals surface area contributed by atoms with Gasteiger partial charge in [0.2, 0.25) is 0 Å². The van der Waals surface area contributed by atoms with E-state index in [-0.39, 0.29) is 0 Å². The minimum Gasteiger partial charge on any atom is -0.480 e. The predicted molar refractivity (Wildman–Crippen MR) is 67.6 cm³/mol. The van der Waals surface area contributed by atoms with E-state index < -0.39 is 9.05 Å². The first-order chi connectivity index (χ1) is 7.92. The van der Waals surface area contributed by atoms with Crippen LogP contribution >= 0.6 is 0 Å². The van der Waals surface area contributed by atoms with Gasteiger partial charge in [-0.05, 0) is 42.0 Å². The lowest BCUT2D eigenvalue weighted by atomic mass is 9.95. The van der Waals surface area contributed by atoms with Crippen LogP contribution in [0.3, 0.4) is 0 Å². The molecule has 0 saturated carbocycles. The fraction of sp³-hybridized carbons (Fsp3) is 0.500. The van der Waals surface area contributed by atoms with E-state index in [0.29, 0.717) is 5.75 Å². The maximum Gasteiger partial charge on any atom is 0.741 e. The standard InChI is InChI=1S/C12H20O4Si/c1-4-9-7-8-12(16-17(13,14)15)11(6-3)10(9)5-2/h7-8,13-15H,4-6H2,1-3H3. The second-order valence-corrected chi connectivity index (χ2v) is 5.27. The van der Waals surface area contributed by atoms with Gasteiger partial charge in [-0.3, -0.25) is 0 Å². The number of benzene rings is 1. The Kier molecular flexibility index (Phi) is 4.70. The molecule has 0 aliphatic carbocycles. The van der Waals surface area contributed by atoms with Crippen LogP contribution in [0.5, 0.6) is 5.75 Å². The van der Waals surface area contributed by atoms with Crippen LogP contribution < -0.4 is 4.43 Å². The van der Waals surface area contributed by atoms with Gasteiger partial charge >= 0.3 is 9.05 Å². The molecular formula is C12H20O4Si. The van der Waals surface area contributed by atoms with Crippen LogP contribution in [0.25, 0.3) is 0 Å². The lowest BCUT2D eigenvalue weighted by Gasteiger charge is -2.19. The average Bonchev–Trinajstić information content (AvgIpc) is 2.26. The Bertz CT molecular complexity index is 385. The second-order valence-electron chi connectivity index (χ2n) is 3.92. The molecular weight excluding hydrogens is 236 g/mol. The van der Waals surface area contributed by atoms with E-state index in [2.05, 4.69) is 13.8 Å². The van der Waals surface area contributed by atoms with Crippen LogP contribution in [0.1, 0.15) is 37.5 Å². The van der Waals surface area contributed by atoms with Gasteiger partial charge in [-0.25, -0.2) is 0 Å². The van der Waals surface area contributed by atoms with Gasteiger partial charge in [-0.2, -0.15) is 0 Å². The van der Waals surface area contributed by atoms with Crippen LogP contribution in [-0.4, -0.2) is 23.4 Å². The van der Waals surface area contributed by atoms with Gasteiger partial charge in [0, 0.05) is 0 Å². The van der Waals surface area contributed by atoms with Crippen LogP contribution in [0, 0.1) is 0 Å². The first-order valence-corrected chi connectivity index (χ1v) is 7.67. The molecule has 0 radical (unpaired) electrons. The summed E-state index contributed by atoms with van der Waals surface area (Å²) in [6.45, 7) is 6.12. The Balaban J connectivity index is 3.23. The maximum atomic E-state index is 9.01. The smallest absolute Gasteiger partial charge is 0.480 e. The summed E-state index contributed by atoms with van der Waals surface area (Å²) in [6, 6.07) is 3.61. The average molecular weight is 256 g/mol. The Morgan fingerprint density at radius 2 is 1.53 bits per heavy atom. The molecule has 1 aromatic rings. The summed E-state index contributed by atoms with van der Waals surface area (Å²) in [5.74, 6) is 0.376. The highest BCUT2D eigenvalue weighted by atomic mass is 28.4. The summed E-state index contributed by atoms with van der Waals surface area (Å²) < 4.78 is 4.87. The van der Waals surface area contributed by atoms with Crippen molar-refractivity contribution in [2.24, 2.45) is 0 Å². The summed E-state index contributed by atoms with van der Waals surface area (Å²) in [6.07, 6.45) is 2.52. The van der Waals surface area contributed by atoms with Crippen molar-refractivity contribution < 1.29 is 18.8 Å². The molecule has 4 nitrogen and oxygen atoms in total. The third-order valence-electron chi connectivity index (χ3n) is 2.82. The van der Waals surface area contributed by atoms with Gasteiger partial charge in [0.15, 0.2) is 0 Å². The zero-order valence-corrected chi connectivity index (χ0v) is 11.5. The molecule has 0 aromatic heterocycles. The highest BCUT2D eigenvalue weighted by molar-refractivity contribution is 6.49. The van der Waals surface area contributed by atoms with Crippen LogP contribution in [0.15, 0.2) is 12.1 Å². The molecule has 0 amide bonds. The van der Waals surface area contributed by atoms with Gasteiger partial charge in [0.1, 0.15) is 5.75 Å². The predicted octanol–water partition coefficient (Wildman–Crippen LogP) is 1.17. The first kappa shape index (κ1) is 14.2. The van der Waals surface area contributed by atoms with E-state index in [1.54, 1.807) is 6.07 Å². The van der Waals surface area contributed by atoms with Crippen molar-refractivity contribution in [1.82, 2.24) is 0 Å². The Labute approximate surface area is 103 Å². The lowest BCUT2D eigenvalue weighted by Crippen LogP contribution is -2.42. The number of rotatable bonds is 5. The fourth-order valence-electron chi connectivity index (χ4n) is 2.12. The topological polar surface area (TPSA) is 69.9 Å². The van der Waals surface area contributed by atoms with Gasteiger partial charge < -0.3 is 18.8 Å². The highest BCUT2D eigenvalue weighted by Crippen LogP contribution is 2.28. The largest absolute Gasteiger partial charge is 0.741 e. The summed E-state index contributed by atoms with van der Waals surface area (Å²) in [4.78, 5) is 27.0. The molecule has 17 heavy (non-hydrogen) atoms. The second kappa shape index (κ2) is 5.64. The van der Waals surface area contributed by atoms with E-state index in [9.17, 15) is 0 Å². The van der Waals surface area contributed by atoms with Crippen molar-refractivity contribution in [2.75, 3.05) is 0 Å². The molecule has 0 aliphatic heterocycles. The normalized spacial score (nSPS) is 11.6. The molecule has 0 fully saturated rings. The third-order valence-corrected chi connectivity index (χ3v) is 3.31. The van der Waals surface area contributed by atoms with Crippen molar-refractivity contribution in [1.29, 1.82) is 0 Å². The van der Waals surface area contributed by atoms with Crippen molar-refractivity contribution in [2.45, 2.75) is 40.0 Å². The number of hydrogen-bond acceptors (Lipinski definition) is 4. The molecule has 0 spiro atoms. The fourth-order valence-corrected chi connectivity index (χ4v) is 2.61. The monoisotopic (exact) mass is 256 g/mol. The van der Waals surface area contributed by atoms with Crippen LogP contribution in [-0.2, 0) is 19.3 Å². The zero-order chi connectivity index (χ0) is 13.1. The lowest BCUT2D eigenvalue weighted by molar-refractivity contribution is 0.128. The van der Waals surface area contributed by atoms with Gasteiger partial charge in [0.25, 0.3) is 0 Å². The van der Waals surface area contributed by atoms with Crippen LogP contribution in [0.2, 0.25) is 0 Å². The molecule has 0 heterocycles. The van der Waals surface area contributed by atoms with E-state index in [1.165, 1.54) is 11.1 Å². The van der Waals surface area contributed by atoms with E-state index in [1.807, 2.05) is 13.0 Å². The SMILES string of the molecule is CCc1ccc(O[Si](O)(O)O)c(CC)c1CC. The minimum atomic E-state index is -4.51. The minimum absolute atomic E-state index is 0.376. The molecule has 3 N–H and O–H groups in total. The van der Waals surface area contributed by atoms with Gasteiger partial charge in [-0.15, -0.1) is 0 Å². The van der Waals surface area contributed by atoms with Crippen molar-refractivity contribution in [3.8, 4) is 5.75 Å². The van der Waals surface area contributed by atoms with Crippen LogP contribution in [0.4, 0.5) is 0 Å². The Morgan fingerprint density at radius 1 is 0.941 bits per heavy atom. The maximum absolute atomic E-state index is 9.01. The Hall–Kier alpha value is -0.883. The van der Waals surface area contributed by atoms with Crippen molar-refractivity contribution in [3.05, 3.63) is 28.8 Å². The molecule has 0 saturated heterocycles. The molecule has 0 atom stereocenters. The first-order valence-electron chi connectivity index (χ1n) is 5.92. The summed E-state index contributed by atoms with van der Waals surface area (Å²) in [5.41, 5.74) is 3.35. The van der Waals surface area contributed by atoms with Crippen molar-refractivity contribution >= 4 is 9.05 Å². The molecule has 0 bridgehead atoms. The molecule has 1 rings (SSSR count). The molecule has 96 valence electrons. The van der Waals surface area contributed by atoms with Gasteiger partial charge in [0.05, 0.1) is 0 Å². The van der Waals surface area contributed by atoms with E-state index in [0.717, 1.165) is 24.8 Å². The third kappa shape index (κ3) is 3.54. The van der Waals surface area contributed by atoms with Crippen molar-refractivity contribution in [3.63, 3.8) is 0 Å². The van der Waals surface area contributed by atoms with E-state index >= 15 is 0 Å². The summed E-state index contributed by atoms with van der Waals surface area (Å²) in [7, 11) is -4.51. The highest BCUT2D eigenvalue weighted by Gasteiger charge is 2.34. The number of hydrogen-bond donors (Lipinski definition) is 3. The Morgan fingerprint density at radius 3 is 1.94 bits per heavy atom. The summed E-state index contributed by atoms with van der Waals surface area (Å²) >= 11 is 0. The quantitative estimate of drug-likeness (QED) is 0.692. The molecule has 5 heteroatoms. The van der Waals surface area contributed by atoms with E-state index in [4.69, 9.17) is 18.8 Å². The molecule has 1 aromatic carbocycles. The molecule has 0 aliphatic rings. The zero-order valence-electron chi connectivity index (χ0n) is 10.5.